The highest BCUT2D eigenvalue weighted by Crippen LogP contribution is 2.25. The maximum Gasteiger partial charge on any atom is 0.247 e. The smallest absolute Gasteiger partial charge is 0.247 e. The molecule has 5 heteroatoms. The number of carbonyl (C=O) groups is 1. The van der Waals surface area contributed by atoms with E-state index in [1.54, 1.807) is 23.8 Å². The van der Waals surface area contributed by atoms with Gasteiger partial charge in [-0.15, -0.1) is 11.8 Å². The van der Waals surface area contributed by atoms with E-state index < -0.39 is 0 Å². The van der Waals surface area contributed by atoms with Crippen LogP contribution in [0.1, 0.15) is 0 Å². The van der Waals surface area contributed by atoms with Crippen LogP contribution in [0.15, 0.2) is 36.9 Å². The molecule has 1 heterocycles. The van der Waals surface area contributed by atoms with Gasteiger partial charge in [0.2, 0.25) is 5.91 Å². The minimum Gasteiger partial charge on any atom is -0.497 e. The van der Waals surface area contributed by atoms with Crippen LogP contribution >= 0.6 is 11.8 Å². The monoisotopic (exact) mass is 279 g/mol. The standard InChI is InChI=1S/C14H17NO3S/c1-3-13(16)15-8-9-19-14(15)10-18-12-6-4-11(17-2)5-7-12/h3-7,14H,1,8-10H2,2H3. The summed E-state index contributed by atoms with van der Waals surface area (Å²) in [6.07, 6.45) is 1.35. The SMILES string of the molecule is C=CC(=O)N1CCSC1COc1ccc(OC)cc1. The van der Waals surface area contributed by atoms with Crippen LogP contribution in [-0.2, 0) is 4.79 Å². The first-order valence-electron chi connectivity index (χ1n) is 6.06. The fourth-order valence-corrected chi connectivity index (χ4v) is 3.00. The molecule has 4 nitrogen and oxygen atoms in total. The van der Waals surface area contributed by atoms with Crippen LogP contribution in [0.5, 0.6) is 11.5 Å². The molecule has 1 amide bonds. The van der Waals surface area contributed by atoms with Crippen molar-refractivity contribution in [2.24, 2.45) is 0 Å². The molecule has 0 N–H and O–H groups in total. The second kappa shape index (κ2) is 6.52. The van der Waals surface area contributed by atoms with E-state index in [4.69, 9.17) is 9.47 Å². The van der Waals surface area contributed by atoms with Crippen LogP contribution in [-0.4, -0.2) is 42.2 Å². The highest BCUT2D eigenvalue weighted by molar-refractivity contribution is 8.00. The maximum absolute atomic E-state index is 11.6. The van der Waals surface area contributed by atoms with Crippen LogP contribution in [0.25, 0.3) is 0 Å². The average molecular weight is 279 g/mol. The molecule has 0 spiro atoms. The van der Waals surface area contributed by atoms with Gasteiger partial charge in [0.25, 0.3) is 0 Å². The van der Waals surface area contributed by atoms with Gasteiger partial charge in [0, 0.05) is 12.3 Å². The number of nitrogens with zero attached hydrogens (tertiary/aromatic N) is 1. The number of benzene rings is 1. The molecule has 102 valence electrons. The number of methoxy groups -OCH3 is 1. The molecule has 0 aromatic heterocycles. The van der Waals surface area contributed by atoms with Crippen molar-refractivity contribution in [2.75, 3.05) is 26.0 Å². The zero-order valence-corrected chi connectivity index (χ0v) is 11.7. The summed E-state index contributed by atoms with van der Waals surface area (Å²) in [4.78, 5) is 13.4. The van der Waals surface area contributed by atoms with Crippen molar-refractivity contribution >= 4 is 17.7 Å². The maximum atomic E-state index is 11.6. The summed E-state index contributed by atoms with van der Waals surface area (Å²) in [7, 11) is 1.63. The Bertz CT molecular complexity index is 447. The highest BCUT2D eigenvalue weighted by atomic mass is 32.2. The molecule has 1 saturated heterocycles. The Morgan fingerprint density at radius 3 is 2.79 bits per heavy atom. The van der Waals surface area contributed by atoms with Gasteiger partial charge < -0.3 is 14.4 Å². The van der Waals surface area contributed by atoms with Gasteiger partial charge in [0.1, 0.15) is 23.5 Å². The van der Waals surface area contributed by atoms with Gasteiger partial charge in [-0.25, -0.2) is 0 Å². The van der Waals surface area contributed by atoms with Gasteiger partial charge in [-0.05, 0) is 30.3 Å². The van der Waals surface area contributed by atoms with Crippen molar-refractivity contribution in [1.29, 1.82) is 0 Å². The molecule has 1 aromatic carbocycles. The largest absolute Gasteiger partial charge is 0.497 e. The van der Waals surface area contributed by atoms with E-state index in [0.29, 0.717) is 6.61 Å². The molecule has 1 atom stereocenters. The van der Waals surface area contributed by atoms with Crippen LogP contribution in [0.3, 0.4) is 0 Å². The Morgan fingerprint density at radius 1 is 1.47 bits per heavy atom. The highest BCUT2D eigenvalue weighted by Gasteiger charge is 2.28. The first-order chi connectivity index (χ1) is 9.24. The lowest BCUT2D eigenvalue weighted by Gasteiger charge is -2.22. The molecule has 1 fully saturated rings. The summed E-state index contributed by atoms with van der Waals surface area (Å²) in [5.41, 5.74) is 0. The topological polar surface area (TPSA) is 38.8 Å². The molecule has 0 radical (unpaired) electrons. The Morgan fingerprint density at radius 2 is 2.16 bits per heavy atom. The zero-order valence-electron chi connectivity index (χ0n) is 10.9. The molecule has 1 aromatic rings. The van der Waals surface area contributed by atoms with Gasteiger partial charge in [0.05, 0.1) is 7.11 Å². The molecule has 0 saturated carbocycles. The van der Waals surface area contributed by atoms with Crippen LogP contribution < -0.4 is 9.47 Å². The van der Waals surface area contributed by atoms with Gasteiger partial charge in [-0.3, -0.25) is 4.79 Å². The zero-order chi connectivity index (χ0) is 13.7. The van der Waals surface area contributed by atoms with Crippen LogP contribution in [0.2, 0.25) is 0 Å². The fourth-order valence-electron chi connectivity index (χ4n) is 1.87. The normalized spacial score (nSPS) is 18.2. The lowest BCUT2D eigenvalue weighted by Crippen LogP contribution is -2.36. The third kappa shape index (κ3) is 3.44. The first kappa shape index (κ1) is 13.8. The fraction of sp³-hybridized carbons (Fsp3) is 0.357. The minimum atomic E-state index is -0.0340. The van der Waals surface area contributed by atoms with Crippen molar-refractivity contribution < 1.29 is 14.3 Å². The minimum absolute atomic E-state index is 0.0340. The summed E-state index contributed by atoms with van der Waals surface area (Å²) >= 11 is 1.73. The lowest BCUT2D eigenvalue weighted by atomic mass is 10.3. The summed E-state index contributed by atoms with van der Waals surface area (Å²) in [6.45, 7) is 4.76. The van der Waals surface area contributed by atoms with Gasteiger partial charge >= 0.3 is 0 Å². The number of hydrogen-bond acceptors (Lipinski definition) is 4. The van der Waals surface area contributed by atoms with E-state index in [2.05, 4.69) is 6.58 Å². The van der Waals surface area contributed by atoms with Crippen molar-refractivity contribution in [2.45, 2.75) is 5.37 Å². The summed E-state index contributed by atoms with van der Waals surface area (Å²) < 4.78 is 10.8. The van der Waals surface area contributed by atoms with E-state index in [0.717, 1.165) is 23.8 Å². The third-order valence-corrected chi connectivity index (χ3v) is 4.09. The van der Waals surface area contributed by atoms with Crippen molar-refractivity contribution in [3.05, 3.63) is 36.9 Å². The van der Waals surface area contributed by atoms with Crippen molar-refractivity contribution in [1.82, 2.24) is 4.90 Å². The van der Waals surface area contributed by atoms with E-state index in [9.17, 15) is 4.79 Å². The third-order valence-electron chi connectivity index (χ3n) is 2.90. The molecular weight excluding hydrogens is 262 g/mol. The van der Waals surface area contributed by atoms with Crippen molar-refractivity contribution in [3.63, 3.8) is 0 Å². The number of amides is 1. The number of hydrogen-bond donors (Lipinski definition) is 0. The van der Waals surface area contributed by atoms with E-state index in [1.165, 1.54) is 6.08 Å². The molecule has 19 heavy (non-hydrogen) atoms. The Balaban J connectivity index is 1.90. The average Bonchev–Trinajstić information content (AvgIpc) is 2.93. The Kier molecular flexibility index (Phi) is 4.74. The number of thioether (sulfide) groups is 1. The quantitative estimate of drug-likeness (QED) is 0.774. The van der Waals surface area contributed by atoms with E-state index >= 15 is 0 Å². The number of ether oxygens (including phenoxy) is 2. The molecule has 0 bridgehead atoms. The lowest BCUT2D eigenvalue weighted by molar-refractivity contribution is -0.126. The predicted molar refractivity (Wildman–Crippen MR) is 76.6 cm³/mol. The van der Waals surface area contributed by atoms with Crippen LogP contribution in [0.4, 0.5) is 0 Å². The molecule has 1 aliphatic rings. The van der Waals surface area contributed by atoms with Crippen molar-refractivity contribution in [3.8, 4) is 11.5 Å². The second-order valence-corrected chi connectivity index (χ2v) is 5.33. The summed E-state index contributed by atoms with van der Waals surface area (Å²) in [5.74, 6) is 2.48. The molecule has 0 aliphatic carbocycles. The molecule has 1 unspecified atom stereocenters. The summed E-state index contributed by atoms with van der Waals surface area (Å²) in [6, 6.07) is 7.42. The number of carbonyl (C=O) groups excluding carboxylic acids is 1. The Labute approximate surface area is 117 Å². The Hall–Kier alpha value is -1.62. The van der Waals surface area contributed by atoms with Gasteiger partial charge in [-0.1, -0.05) is 6.58 Å². The summed E-state index contributed by atoms with van der Waals surface area (Å²) in [5, 5.41) is 0.0626. The first-order valence-corrected chi connectivity index (χ1v) is 7.11. The van der Waals surface area contributed by atoms with Crippen LogP contribution in [0, 0.1) is 0 Å². The molecule has 1 aliphatic heterocycles. The second-order valence-electron chi connectivity index (χ2n) is 4.05. The molecule has 2 rings (SSSR count). The number of rotatable bonds is 5. The molecular formula is C14H17NO3S. The predicted octanol–water partition coefficient (Wildman–Crippen LogP) is 2.16. The van der Waals surface area contributed by atoms with Gasteiger partial charge in [0.15, 0.2) is 0 Å². The van der Waals surface area contributed by atoms with Gasteiger partial charge in [-0.2, -0.15) is 0 Å². The van der Waals surface area contributed by atoms with E-state index in [1.807, 2.05) is 24.3 Å². The van der Waals surface area contributed by atoms with E-state index in [-0.39, 0.29) is 11.3 Å².